The van der Waals surface area contributed by atoms with Gasteiger partial charge in [-0.1, -0.05) is 0 Å². The number of rotatable bonds is 5. The van der Waals surface area contributed by atoms with Gasteiger partial charge < -0.3 is 10.6 Å². The molecule has 0 unspecified atom stereocenters. The van der Waals surface area contributed by atoms with E-state index in [0.717, 1.165) is 12.8 Å². The fourth-order valence-electron chi connectivity index (χ4n) is 1.26. The van der Waals surface area contributed by atoms with Gasteiger partial charge in [-0.3, -0.25) is 4.79 Å². The van der Waals surface area contributed by atoms with Gasteiger partial charge >= 0.3 is 6.18 Å². The third-order valence-corrected chi connectivity index (χ3v) is 3.00. The van der Waals surface area contributed by atoms with E-state index in [4.69, 9.17) is 0 Å². The van der Waals surface area contributed by atoms with Crippen molar-refractivity contribution in [1.82, 2.24) is 14.7 Å². The normalized spacial score (nSPS) is 15.5. The van der Waals surface area contributed by atoms with E-state index in [0.29, 0.717) is 24.6 Å². The van der Waals surface area contributed by atoms with Crippen LogP contribution in [0, 0.1) is 5.92 Å². The van der Waals surface area contributed by atoms with Crippen molar-refractivity contribution in [2.45, 2.75) is 19.0 Å². The van der Waals surface area contributed by atoms with Crippen molar-refractivity contribution >= 4 is 22.6 Å². The van der Waals surface area contributed by atoms with Crippen LogP contribution in [0.4, 0.5) is 18.3 Å². The standard InChI is InChI=1S/C9H11F3N4OS/c10-9(11,12)7-15-8(18-16-7)14-4-3-13-6(17)5-1-2-5/h5H,1-4H2,(H,13,17)(H,14,15,16). The highest BCUT2D eigenvalue weighted by atomic mass is 32.1. The highest BCUT2D eigenvalue weighted by Crippen LogP contribution is 2.29. The summed E-state index contributed by atoms with van der Waals surface area (Å²) in [7, 11) is 0. The highest BCUT2D eigenvalue weighted by Gasteiger charge is 2.36. The number of amides is 1. The van der Waals surface area contributed by atoms with Crippen molar-refractivity contribution in [3.05, 3.63) is 5.82 Å². The zero-order valence-corrected chi connectivity index (χ0v) is 10.1. The van der Waals surface area contributed by atoms with Crippen LogP contribution in [0.25, 0.3) is 0 Å². The molecular weight excluding hydrogens is 269 g/mol. The Morgan fingerprint density at radius 3 is 2.67 bits per heavy atom. The number of carbonyl (C=O) groups is 1. The van der Waals surface area contributed by atoms with Crippen LogP contribution in [-0.2, 0) is 11.0 Å². The van der Waals surface area contributed by atoms with Crippen molar-refractivity contribution in [2.75, 3.05) is 18.4 Å². The molecule has 1 aromatic rings. The minimum absolute atomic E-state index is 0.00467. The molecule has 0 aliphatic heterocycles. The van der Waals surface area contributed by atoms with Gasteiger partial charge in [-0.15, -0.1) is 0 Å². The number of hydrogen-bond acceptors (Lipinski definition) is 5. The molecule has 0 saturated heterocycles. The van der Waals surface area contributed by atoms with Crippen LogP contribution >= 0.6 is 11.5 Å². The molecular formula is C9H11F3N4OS. The lowest BCUT2D eigenvalue weighted by atomic mass is 10.4. The van der Waals surface area contributed by atoms with Gasteiger partial charge in [-0.05, 0) is 12.8 Å². The number of nitrogens with one attached hydrogen (secondary N) is 2. The second-order valence-electron chi connectivity index (χ2n) is 3.91. The maximum absolute atomic E-state index is 12.2. The zero-order chi connectivity index (χ0) is 13.2. The van der Waals surface area contributed by atoms with Gasteiger partial charge in [-0.2, -0.15) is 22.5 Å². The number of hydrogen-bond donors (Lipinski definition) is 2. The van der Waals surface area contributed by atoms with Gasteiger partial charge in [0, 0.05) is 30.5 Å². The lowest BCUT2D eigenvalue weighted by molar-refractivity contribution is -0.144. The molecule has 100 valence electrons. The van der Waals surface area contributed by atoms with Gasteiger partial charge in [-0.25, -0.2) is 0 Å². The summed E-state index contributed by atoms with van der Waals surface area (Å²) in [6, 6.07) is 0. The third kappa shape index (κ3) is 3.56. The molecule has 1 amide bonds. The average Bonchev–Trinajstić information content (AvgIpc) is 3.02. The Morgan fingerprint density at radius 2 is 2.11 bits per heavy atom. The van der Waals surface area contributed by atoms with Gasteiger partial charge in [0.25, 0.3) is 0 Å². The molecule has 0 spiro atoms. The Balaban J connectivity index is 1.70. The molecule has 5 nitrogen and oxygen atoms in total. The molecule has 9 heteroatoms. The Labute approximate surface area is 105 Å². The number of carbonyl (C=O) groups excluding carboxylic acids is 1. The molecule has 1 aromatic heterocycles. The summed E-state index contributed by atoms with van der Waals surface area (Å²) in [5.74, 6) is -1.01. The largest absolute Gasteiger partial charge is 0.452 e. The van der Waals surface area contributed by atoms with Crippen LogP contribution in [0.2, 0.25) is 0 Å². The Bertz CT molecular complexity index is 430. The predicted octanol–water partition coefficient (Wildman–Crippen LogP) is 1.50. The number of alkyl halides is 3. The molecule has 2 rings (SSSR count). The van der Waals surface area contributed by atoms with E-state index in [2.05, 4.69) is 20.0 Å². The molecule has 2 N–H and O–H groups in total. The van der Waals surface area contributed by atoms with Crippen molar-refractivity contribution in [3.63, 3.8) is 0 Å². The van der Waals surface area contributed by atoms with Crippen LogP contribution in [0.5, 0.6) is 0 Å². The topological polar surface area (TPSA) is 66.9 Å². The first kappa shape index (κ1) is 13.1. The number of anilines is 1. The molecule has 1 heterocycles. The van der Waals surface area contributed by atoms with Crippen LogP contribution in [0.3, 0.4) is 0 Å². The van der Waals surface area contributed by atoms with E-state index in [9.17, 15) is 18.0 Å². The molecule has 0 aromatic carbocycles. The van der Waals surface area contributed by atoms with Gasteiger partial charge in [0.05, 0.1) is 0 Å². The number of halogens is 3. The monoisotopic (exact) mass is 280 g/mol. The Kier molecular flexibility index (Phi) is 3.69. The van der Waals surface area contributed by atoms with Crippen molar-refractivity contribution in [1.29, 1.82) is 0 Å². The molecule has 0 atom stereocenters. The maximum atomic E-state index is 12.2. The molecule has 0 bridgehead atoms. The van der Waals surface area contributed by atoms with Crippen LogP contribution in [0.15, 0.2) is 0 Å². The summed E-state index contributed by atoms with van der Waals surface area (Å²) >= 11 is 0.649. The first-order valence-electron chi connectivity index (χ1n) is 5.39. The number of nitrogens with zero attached hydrogens (tertiary/aromatic N) is 2. The highest BCUT2D eigenvalue weighted by molar-refractivity contribution is 7.09. The second kappa shape index (κ2) is 5.09. The average molecular weight is 280 g/mol. The van der Waals surface area contributed by atoms with E-state index in [1.807, 2.05) is 0 Å². The van der Waals surface area contributed by atoms with E-state index >= 15 is 0 Å². The quantitative estimate of drug-likeness (QED) is 0.802. The SMILES string of the molecule is O=C(NCCNc1nc(C(F)(F)F)ns1)C1CC1. The fourth-order valence-corrected chi connectivity index (χ4v) is 1.87. The third-order valence-electron chi connectivity index (χ3n) is 2.33. The maximum Gasteiger partial charge on any atom is 0.452 e. The van der Waals surface area contributed by atoms with Crippen molar-refractivity contribution in [2.24, 2.45) is 5.92 Å². The smallest absolute Gasteiger partial charge is 0.359 e. The Hall–Kier alpha value is -1.38. The summed E-state index contributed by atoms with van der Waals surface area (Å²) in [5, 5.41) is 5.47. The van der Waals surface area contributed by atoms with Crippen LogP contribution in [0.1, 0.15) is 18.7 Å². The summed E-state index contributed by atoms with van der Waals surface area (Å²) in [5.41, 5.74) is 0. The van der Waals surface area contributed by atoms with E-state index in [1.54, 1.807) is 0 Å². The molecule has 1 aliphatic rings. The van der Waals surface area contributed by atoms with Gasteiger partial charge in [0.2, 0.25) is 16.9 Å². The van der Waals surface area contributed by atoms with Gasteiger partial charge in [0.1, 0.15) is 0 Å². The van der Waals surface area contributed by atoms with Crippen molar-refractivity contribution < 1.29 is 18.0 Å². The lowest BCUT2D eigenvalue weighted by Crippen LogP contribution is -2.29. The van der Waals surface area contributed by atoms with E-state index in [1.165, 1.54) is 0 Å². The molecule has 1 saturated carbocycles. The molecule has 1 fully saturated rings. The summed E-state index contributed by atoms with van der Waals surface area (Å²) < 4.78 is 39.8. The van der Waals surface area contributed by atoms with Crippen LogP contribution in [-0.4, -0.2) is 28.4 Å². The lowest BCUT2D eigenvalue weighted by Gasteiger charge is -2.04. The van der Waals surface area contributed by atoms with Gasteiger partial charge in [0.15, 0.2) is 0 Å². The van der Waals surface area contributed by atoms with E-state index in [-0.39, 0.29) is 17.0 Å². The first-order valence-corrected chi connectivity index (χ1v) is 6.16. The zero-order valence-electron chi connectivity index (χ0n) is 9.25. The summed E-state index contributed by atoms with van der Waals surface area (Å²) in [4.78, 5) is 14.5. The predicted molar refractivity (Wildman–Crippen MR) is 59.1 cm³/mol. The number of aromatic nitrogens is 2. The first-order chi connectivity index (χ1) is 8.47. The Morgan fingerprint density at radius 1 is 1.39 bits per heavy atom. The molecule has 18 heavy (non-hydrogen) atoms. The minimum Gasteiger partial charge on any atom is -0.359 e. The molecule has 1 aliphatic carbocycles. The molecule has 0 radical (unpaired) electrons. The summed E-state index contributed by atoms with van der Waals surface area (Å²) in [6.07, 6.45) is -2.67. The fraction of sp³-hybridized carbons (Fsp3) is 0.667. The van der Waals surface area contributed by atoms with E-state index < -0.39 is 12.0 Å². The second-order valence-corrected chi connectivity index (χ2v) is 4.66. The van der Waals surface area contributed by atoms with Crippen LogP contribution < -0.4 is 10.6 Å². The van der Waals surface area contributed by atoms with Crippen molar-refractivity contribution in [3.8, 4) is 0 Å². The summed E-state index contributed by atoms with van der Waals surface area (Å²) in [6.45, 7) is 0.682. The minimum atomic E-state index is -4.52.